The van der Waals surface area contributed by atoms with E-state index in [9.17, 15) is 4.79 Å². The van der Waals surface area contributed by atoms with E-state index >= 15 is 0 Å². The molecule has 4 aliphatic carbocycles. The van der Waals surface area contributed by atoms with Gasteiger partial charge in [-0.1, -0.05) is 30.3 Å². The summed E-state index contributed by atoms with van der Waals surface area (Å²) in [5.41, 5.74) is 7.29. The summed E-state index contributed by atoms with van der Waals surface area (Å²) in [6.07, 6.45) is 8.72. The van der Waals surface area contributed by atoms with Crippen molar-refractivity contribution in [3.8, 4) is 11.3 Å². The van der Waals surface area contributed by atoms with Crippen molar-refractivity contribution in [2.45, 2.75) is 38.5 Å². The predicted octanol–water partition coefficient (Wildman–Crippen LogP) is 3.62. The fourth-order valence-corrected chi connectivity index (χ4v) is 5.74. The molecule has 4 fully saturated rings. The summed E-state index contributed by atoms with van der Waals surface area (Å²) in [7, 11) is 0. The van der Waals surface area contributed by atoms with E-state index in [2.05, 4.69) is 26.0 Å². The molecular formula is C20H24ClN5O. The molecule has 142 valence electrons. The van der Waals surface area contributed by atoms with Crippen molar-refractivity contribution in [1.29, 1.82) is 0 Å². The second kappa shape index (κ2) is 7.08. The van der Waals surface area contributed by atoms with Gasteiger partial charge in [-0.15, -0.1) is 17.5 Å². The first-order valence-corrected chi connectivity index (χ1v) is 9.52. The standard InChI is InChI=1S/C20H23N5O.ClH/c26-18(20-9-13-6-14(10-20)8-15(7-13)11-20)23-25-19-22-17(12-21-24-19)16-4-2-1-3-5-16;/h1-5,12-15H,6-11H2,(H,23,26)(H,22,24,25);1H. The third-order valence-electron chi connectivity index (χ3n) is 6.44. The van der Waals surface area contributed by atoms with Crippen molar-refractivity contribution in [3.63, 3.8) is 0 Å². The number of carbonyl (C=O) groups excluding carboxylic acids is 1. The Bertz CT molecular complexity index is 793. The average molecular weight is 386 g/mol. The summed E-state index contributed by atoms with van der Waals surface area (Å²) in [6, 6.07) is 9.82. The SMILES string of the molecule is Cl.O=C(NNc1nncc(-c2ccccc2)n1)C12CC3CC(CC(C3)C1)C2. The van der Waals surface area contributed by atoms with Gasteiger partial charge in [-0.25, -0.2) is 4.98 Å². The second-order valence-electron chi connectivity index (χ2n) is 8.31. The van der Waals surface area contributed by atoms with E-state index in [1.165, 1.54) is 19.3 Å². The molecule has 0 radical (unpaired) electrons. The fourth-order valence-electron chi connectivity index (χ4n) is 5.74. The molecule has 7 heteroatoms. The van der Waals surface area contributed by atoms with Gasteiger partial charge in [0.15, 0.2) is 0 Å². The van der Waals surface area contributed by atoms with Crippen LogP contribution in [0.3, 0.4) is 0 Å². The lowest BCUT2D eigenvalue weighted by Gasteiger charge is -2.55. The Labute approximate surface area is 164 Å². The van der Waals surface area contributed by atoms with Crippen LogP contribution in [-0.4, -0.2) is 21.1 Å². The van der Waals surface area contributed by atoms with Crippen LogP contribution in [0.2, 0.25) is 0 Å². The Balaban J connectivity index is 0.00000180. The Morgan fingerprint density at radius 1 is 1.00 bits per heavy atom. The Hall–Kier alpha value is -2.21. The average Bonchev–Trinajstić information content (AvgIpc) is 2.66. The molecule has 1 amide bonds. The zero-order valence-corrected chi connectivity index (χ0v) is 15.9. The van der Waals surface area contributed by atoms with E-state index in [1.807, 2.05) is 30.3 Å². The molecule has 1 heterocycles. The number of anilines is 1. The van der Waals surface area contributed by atoms with E-state index in [0.717, 1.165) is 48.3 Å². The Morgan fingerprint density at radius 3 is 2.26 bits per heavy atom. The molecule has 1 aromatic carbocycles. The van der Waals surface area contributed by atoms with Crippen LogP contribution in [0.1, 0.15) is 38.5 Å². The molecule has 0 unspecified atom stereocenters. The number of carbonyl (C=O) groups is 1. The van der Waals surface area contributed by atoms with Gasteiger partial charge < -0.3 is 0 Å². The van der Waals surface area contributed by atoms with Gasteiger partial charge in [0.1, 0.15) is 0 Å². The minimum absolute atomic E-state index is 0. The van der Waals surface area contributed by atoms with Crippen LogP contribution in [0.15, 0.2) is 36.5 Å². The van der Waals surface area contributed by atoms with Crippen LogP contribution in [0.5, 0.6) is 0 Å². The molecule has 0 aliphatic heterocycles. The van der Waals surface area contributed by atoms with E-state index in [4.69, 9.17) is 0 Å². The number of amides is 1. The van der Waals surface area contributed by atoms with Crippen LogP contribution in [0.4, 0.5) is 5.95 Å². The summed E-state index contributed by atoms with van der Waals surface area (Å²) < 4.78 is 0. The van der Waals surface area contributed by atoms with Crippen molar-refractivity contribution in [3.05, 3.63) is 36.5 Å². The third kappa shape index (κ3) is 3.38. The lowest BCUT2D eigenvalue weighted by Crippen LogP contribution is -2.54. The number of halogens is 1. The van der Waals surface area contributed by atoms with Gasteiger partial charge in [-0.3, -0.25) is 15.6 Å². The zero-order chi connectivity index (χ0) is 17.6. The quantitative estimate of drug-likeness (QED) is 0.786. The lowest BCUT2D eigenvalue weighted by atomic mass is 9.49. The smallest absolute Gasteiger partial charge is 0.262 e. The van der Waals surface area contributed by atoms with E-state index < -0.39 is 0 Å². The first kappa shape index (κ1) is 18.2. The molecule has 27 heavy (non-hydrogen) atoms. The van der Waals surface area contributed by atoms with Gasteiger partial charge in [-0.05, 0) is 56.3 Å². The van der Waals surface area contributed by atoms with E-state index in [1.54, 1.807) is 6.20 Å². The normalized spacial score (nSPS) is 30.4. The molecule has 0 spiro atoms. The number of hydrogen-bond acceptors (Lipinski definition) is 5. The van der Waals surface area contributed by atoms with E-state index in [0.29, 0.717) is 5.95 Å². The van der Waals surface area contributed by atoms with Gasteiger partial charge in [0, 0.05) is 5.56 Å². The van der Waals surface area contributed by atoms with Crippen molar-refractivity contribution in [2.75, 3.05) is 5.43 Å². The lowest BCUT2D eigenvalue weighted by molar-refractivity contribution is -0.145. The number of benzene rings is 1. The van der Waals surface area contributed by atoms with Gasteiger partial charge in [-0.2, -0.15) is 5.10 Å². The van der Waals surface area contributed by atoms with Crippen molar-refractivity contribution in [1.82, 2.24) is 20.6 Å². The number of hydrogen-bond donors (Lipinski definition) is 2. The number of hydrazine groups is 1. The van der Waals surface area contributed by atoms with Crippen LogP contribution in [-0.2, 0) is 4.79 Å². The van der Waals surface area contributed by atoms with E-state index in [-0.39, 0.29) is 23.7 Å². The van der Waals surface area contributed by atoms with Crippen LogP contribution >= 0.6 is 12.4 Å². The van der Waals surface area contributed by atoms with Crippen molar-refractivity contribution >= 4 is 24.3 Å². The fraction of sp³-hybridized carbons (Fsp3) is 0.500. The molecule has 2 N–H and O–H groups in total. The number of nitrogens with one attached hydrogen (secondary N) is 2. The first-order valence-electron chi connectivity index (χ1n) is 9.52. The maximum atomic E-state index is 13.0. The summed E-state index contributed by atoms with van der Waals surface area (Å²) >= 11 is 0. The molecule has 6 nitrogen and oxygen atoms in total. The largest absolute Gasteiger partial charge is 0.273 e. The first-order chi connectivity index (χ1) is 12.7. The second-order valence-corrected chi connectivity index (χ2v) is 8.31. The number of aromatic nitrogens is 3. The maximum absolute atomic E-state index is 13.0. The van der Waals surface area contributed by atoms with Gasteiger partial charge >= 0.3 is 0 Å². The minimum atomic E-state index is -0.188. The Kier molecular flexibility index (Phi) is 4.76. The highest BCUT2D eigenvalue weighted by Gasteiger charge is 2.54. The molecule has 6 rings (SSSR count). The van der Waals surface area contributed by atoms with Gasteiger partial charge in [0.05, 0.1) is 17.3 Å². The third-order valence-corrected chi connectivity index (χ3v) is 6.44. The molecule has 4 saturated carbocycles. The maximum Gasteiger partial charge on any atom is 0.262 e. The summed E-state index contributed by atoms with van der Waals surface area (Å²) in [5.74, 6) is 2.65. The zero-order valence-electron chi connectivity index (χ0n) is 15.1. The van der Waals surface area contributed by atoms with Crippen LogP contribution < -0.4 is 10.9 Å². The Morgan fingerprint density at radius 2 is 1.63 bits per heavy atom. The number of nitrogens with zero attached hydrogens (tertiary/aromatic N) is 3. The summed E-state index contributed by atoms with van der Waals surface area (Å²) in [6.45, 7) is 0. The molecule has 1 aromatic heterocycles. The van der Waals surface area contributed by atoms with Crippen molar-refractivity contribution in [2.24, 2.45) is 23.2 Å². The molecule has 4 bridgehead atoms. The van der Waals surface area contributed by atoms with Gasteiger partial charge in [0.2, 0.25) is 5.91 Å². The molecular weight excluding hydrogens is 362 g/mol. The summed E-state index contributed by atoms with van der Waals surface area (Å²) in [5, 5.41) is 8.00. The monoisotopic (exact) mass is 385 g/mol. The minimum Gasteiger partial charge on any atom is -0.273 e. The van der Waals surface area contributed by atoms with Crippen LogP contribution in [0, 0.1) is 23.2 Å². The van der Waals surface area contributed by atoms with Crippen molar-refractivity contribution < 1.29 is 4.79 Å². The predicted molar refractivity (Wildman–Crippen MR) is 105 cm³/mol. The van der Waals surface area contributed by atoms with Crippen LogP contribution in [0.25, 0.3) is 11.3 Å². The molecule has 0 saturated heterocycles. The highest BCUT2D eigenvalue weighted by Crippen LogP contribution is 2.60. The summed E-state index contributed by atoms with van der Waals surface area (Å²) in [4.78, 5) is 17.4. The molecule has 4 aliphatic rings. The number of rotatable bonds is 4. The molecule has 0 atom stereocenters. The highest BCUT2D eigenvalue weighted by atomic mass is 35.5. The highest BCUT2D eigenvalue weighted by molar-refractivity contribution is 5.85. The topological polar surface area (TPSA) is 79.8 Å². The molecule has 2 aromatic rings. The van der Waals surface area contributed by atoms with Gasteiger partial charge in [0.25, 0.3) is 5.95 Å².